The summed E-state index contributed by atoms with van der Waals surface area (Å²) in [6, 6.07) is 1.81. The summed E-state index contributed by atoms with van der Waals surface area (Å²) in [6.07, 6.45) is 0.599. The number of hydrogen-bond acceptors (Lipinski definition) is 2. The summed E-state index contributed by atoms with van der Waals surface area (Å²) in [5.41, 5.74) is 5.63. The third kappa shape index (κ3) is 2.20. The van der Waals surface area contributed by atoms with Crippen LogP contribution in [-0.2, 0) is 0 Å². The van der Waals surface area contributed by atoms with Gasteiger partial charge in [-0.2, -0.15) is 0 Å². The van der Waals surface area contributed by atoms with Gasteiger partial charge < -0.3 is 10.8 Å². The van der Waals surface area contributed by atoms with Crippen LogP contribution in [0.2, 0.25) is 0 Å². The Hall–Kier alpha value is -1.16. The minimum absolute atomic E-state index is 0.119. The number of halogens is 2. The van der Waals surface area contributed by atoms with E-state index in [9.17, 15) is 8.78 Å². The molecule has 1 aromatic rings. The van der Waals surface area contributed by atoms with E-state index in [0.717, 1.165) is 6.07 Å². The van der Waals surface area contributed by atoms with Crippen molar-refractivity contribution in [3.05, 3.63) is 29.3 Å². The Balaban J connectivity index is 3.02. The van der Waals surface area contributed by atoms with Crippen molar-refractivity contribution < 1.29 is 13.9 Å². The van der Waals surface area contributed by atoms with Gasteiger partial charge in [0.1, 0.15) is 5.82 Å². The summed E-state index contributed by atoms with van der Waals surface area (Å²) in [6.45, 7) is 2.21. The number of rotatable bonds is 3. The predicted molar refractivity (Wildman–Crippen MR) is 50.1 cm³/mol. The number of phenols is 1. The molecule has 0 bridgehead atoms. The van der Waals surface area contributed by atoms with Gasteiger partial charge >= 0.3 is 0 Å². The molecule has 0 aliphatic carbocycles. The summed E-state index contributed by atoms with van der Waals surface area (Å²) in [5.74, 6) is -2.22. The summed E-state index contributed by atoms with van der Waals surface area (Å²) < 4.78 is 25.9. The zero-order chi connectivity index (χ0) is 10.7. The van der Waals surface area contributed by atoms with Gasteiger partial charge in [0.25, 0.3) is 0 Å². The molecule has 0 heterocycles. The van der Waals surface area contributed by atoms with Crippen molar-refractivity contribution in [1.82, 2.24) is 0 Å². The normalized spacial score (nSPS) is 12.9. The lowest BCUT2D eigenvalue weighted by Crippen LogP contribution is -2.06. The number of aromatic hydroxyl groups is 1. The molecule has 78 valence electrons. The lowest BCUT2D eigenvalue weighted by atomic mass is 9.97. The Morgan fingerprint density at radius 3 is 2.57 bits per heavy atom. The molecule has 1 unspecified atom stereocenters. The highest BCUT2D eigenvalue weighted by Crippen LogP contribution is 2.27. The highest BCUT2D eigenvalue weighted by molar-refractivity contribution is 5.32. The van der Waals surface area contributed by atoms with E-state index in [4.69, 9.17) is 10.8 Å². The fraction of sp³-hybridized carbons (Fsp3) is 0.400. The van der Waals surface area contributed by atoms with Crippen molar-refractivity contribution in [2.45, 2.75) is 19.3 Å². The Kier molecular flexibility index (Phi) is 3.41. The second kappa shape index (κ2) is 4.37. The second-order valence-electron chi connectivity index (χ2n) is 3.30. The molecule has 14 heavy (non-hydrogen) atoms. The molecule has 0 saturated heterocycles. The van der Waals surface area contributed by atoms with Gasteiger partial charge in [0, 0.05) is 6.07 Å². The molecule has 0 aliphatic rings. The topological polar surface area (TPSA) is 46.2 Å². The number of nitrogens with two attached hydrogens (primary N) is 1. The first kappa shape index (κ1) is 10.9. The fourth-order valence-corrected chi connectivity index (χ4v) is 1.34. The molecule has 0 spiro atoms. The van der Waals surface area contributed by atoms with E-state index in [1.165, 1.54) is 0 Å². The monoisotopic (exact) mass is 201 g/mol. The second-order valence-corrected chi connectivity index (χ2v) is 3.30. The van der Waals surface area contributed by atoms with E-state index in [1.807, 2.05) is 0 Å². The average Bonchev–Trinajstić information content (AvgIpc) is 2.11. The first-order valence-electron chi connectivity index (χ1n) is 4.44. The first-order chi connectivity index (χ1) is 6.56. The largest absolute Gasteiger partial charge is 0.505 e. The lowest BCUT2D eigenvalue weighted by Gasteiger charge is -2.12. The van der Waals surface area contributed by atoms with Crippen molar-refractivity contribution in [3.63, 3.8) is 0 Å². The van der Waals surface area contributed by atoms with Crippen molar-refractivity contribution >= 4 is 0 Å². The van der Waals surface area contributed by atoms with E-state index in [0.29, 0.717) is 24.6 Å². The van der Waals surface area contributed by atoms with Crippen LogP contribution in [-0.4, -0.2) is 11.7 Å². The standard InChI is InChI=1S/C10H13F2NO/c1-6(2-3-13)7-4-10(14)9(12)5-8(7)11/h4-6,14H,2-3,13H2,1H3. The van der Waals surface area contributed by atoms with Gasteiger partial charge in [-0.25, -0.2) is 8.78 Å². The molecule has 2 nitrogen and oxygen atoms in total. The van der Waals surface area contributed by atoms with Crippen LogP contribution < -0.4 is 5.73 Å². The van der Waals surface area contributed by atoms with Crippen LogP contribution in [0.5, 0.6) is 5.75 Å². The Morgan fingerprint density at radius 2 is 2.00 bits per heavy atom. The van der Waals surface area contributed by atoms with E-state index in [1.54, 1.807) is 6.92 Å². The van der Waals surface area contributed by atoms with Crippen LogP contribution in [0.15, 0.2) is 12.1 Å². The van der Waals surface area contributed by atoms with Crippen LogP contribution >= 0.6 is 0 Å². The highest BCUT2D eigenvalue weighted by Gasteiger charge is 2.14. The zero-order valence-corrected chi connectivity index (χ0v) is 7.93. The lowest BCUT2D eigenvalue weighted by molar-refractivity contribution is 0.424. The van der Waals surface area contributed by atoms with E-state index >= 15 is 0 Å². The minimum atomic E-state index is -0.939. The average molecular weight is 201 g/mol. The molecule has 3 N–H and O–H groups in total. The van der Waals surface area contributed by atoms with Crippen molar-refractivity contribution in [2.24, 2.45) is 5.73 Å². The molecule has 0 aromatic heterocycles. The maximum absolute atomic E-state index is 13.2. The maximum Gasteiger partial charge on any atom is 0.167 e. The molecule has 0 aliphatic heterocycles. The molecule has 1 rings (SSSR count). The zero-order valence-electron chi connectivity index (χ0n) is 7.93. The molecule has 1 aromatic carbocycles. The van der Waals surface area contributed by atoms with Crippen LogP contribution in [0.1, 0.15) is 24.8 Å². The minimum Gasteiger partial charge on any atom is -0.505 e. The van der Waals surface area contributed by atoms with Gasteiger partial charge in [0.2, 0.25) is 0 Å². The van der Waals surface area contributed by atoms with Gasteiger partial charge in [-0.1, -0.05) is 6.92 Å². The molecular formula is C10H13F2NO. The molecule has 0 amide bonds. The van der Waals surface area contributed by atoms with Gasteiger partial charge in [0.05, 0.1) is 0 Å². The summed E-state index contributed by atoms with van der Waals surface area (Å²) in [4.78, 5) is 0. The van der Waals surface area contributed by atoms with Crippen molar-refractivity contribution in [2.75, 3.05) is 6.54 Å². The van der Waals surface area contributed by atoms with E-state index in [2.05, 4.69) is 0 Å². The van der Waals surface area contributed by atoms with Crippen LogP contribution in [0.3, 0.4) is 0 Å². The molecule has 1 atom stereocenters. The smallest absolute Gasteiger partial charge is 0.167 e. The first-order valence-corrected chi connectivity index (χ1v) is 4.44. The number of hydrogen-bond donors (Lipinski definition) is 2. The molecule has 0 fully saturated rings. The quantitative estimate of drug-likeness (QED) is 0.786. The van der Waals surface area contributed by atoms with Gasteiger partial charge in [-0.3, -0.25) is 0 Å². The summed E-state index contributed by atoms with van der Waals surface area (Å²) in [5, 5.41) is 9.07. The number of phenolic OH excluding ortho intramolecular Hbond substituents is 1. The summed E-state index contributed by atoms with van der Waals surface area (Å²) >= 11 is 0. The molecule has 0 radical (unpaired) electrons. The Morgan fingerprint density at radius 1 is 1.36 bits per heavy atom. The number of benzene rings is 1. The van der Waals surface area contributed by atoms with Gasteiger partial charge in [-0.05, 0) is 30.5 Å². The van der Waals surface area contributed by atoms with E-state index in [-0.39, 0.29) is 5.92 Å². The van der Waals surface area contributed by atoms with Gasteiger partial charge in [-0.15, -0.1) is 0 Å². The Bertz CT molecular complexity index is 328. The van der Waals surface area contributed by atoms with Crippen LogP contribution in [0.25, 0.3) is 0 Å². The molecule has 4 heteroatoms. The van der Waals surface area contributed by atoms with Crippen LogP contribution in [0, 0.1) is 11.6 Å². The van der Waals surface area contributed by atoms with E-state index < -0.39 is 17.4 Å². The van der Waals surface area contributed by atoms with Crippen molar-refractivity contribution in [1.29, 1.82) is 0 Å². The third-order valence-corrected chi connectivity index (χ3v) is 2.20. The highest BCUT2D eigenvalue weighted by atomic mass is 19.1. The SMILES string of the molecule is CC(CCN)c1cc(O)c(F)cc1F. The van der Waals surface area contributed by atoms with Crippen LogP contribution in [0.4, 0.5) is 8.78 Å². The maximum atomic E-state index is 13.2. The molecular weight excluding hydrogens is 188 g/mol. The summed E-state index contributed by atoms with van der Waals surface area (Å²) in [7, 11) is 0. The Labute approximate surface area is 81.4 Å². The predicted octanol–water partition coefficient (Wildman–Crippen LogP) is 2.12. The van der Waals surface area contributed by atoms with Gasteiger partial charge in [0.15, 0.2) is 11.6 Å². The molecule has 0 saturated carbocycles. The van der Waals surface area contributed by atoms with Crippen molar-refractivity contribution in [3.8, 4) is 5.75 Å². The third-order valence-electron chi connectivity index (χ3n) is 2.20. The fourth-order valence-electron chi connectivity index (χ4n) is 1.34.